The lowest BCUT2D eigenvalue weighted by Gasteiger charge is -2.21. The molecule has 0 spiro atoms. The van der Waals surface area contributed by atoms with Crippen LogP contribution in [0.15, 0.2) is 35.5 Å². The fourth-order valence-corrected chi connectivity index (χ4v) is 3.85. The Kier molecular flexibility index (Phi) is 12.9. The highest BCUT2D eigenvalue weighted by Crippen LogP contribution is 2.25. The third kappa shape index (κ3) is 10.1. The maximum Gasteiger partial charge on any atom is 0.411 e. The molecule has 2 atom stereocenters. The van der Waals surface area contributed by atoms with E-state index in [0.717, 1.165) is 49.1 Å². The van der Waals surface area contributed by atoms with E-state index in [0.29, 0.717) is 31.7 Å². The summed E-state index contributed by atoms with van der Waals surface area (Å²) in [7, 11) is 1.54. The van der Waals surface area contributed by atoms with Gasteiger partial charge in [-0.15, -0.1) is 0 Å². The highest BCUT2D eigenvalue weighted by atomic mass is 16.6. The monoisotopic (exact) mass is 488 g/mol. The van der Waals surface area contributed by atoms with E-state index >= 15 is 0 Å². The molecule has 1 heterocycles. The Hall–Kier alpha value is -2.91. The summed E-state index contributed by atoms with van der Waals surface area (Å²) < 4.78 is 15.3. The minimum atomic E-state index is -0.571. The number of anilines is 2. The number of nitrogens with one attached hydrogen (secondary N) is 2. The summed E-state index contributed by atoms with van der Waals surface area (Å²) in [5.41, 5.74) is 9.60. The first-order valence-electron chi connectivity index (χ1n) is 12.4. The molecule has 9 heteroatoms. The van der Waals surface area contributed by atoms with Crippen molar-refractivity contribution >= 4 is 29.1 Å². The molecule has 2 rings (SSSR count). The van der Waals surface area contributed by atoms with E-state index in [9.17, 15) is 9.59 Å². The summed E-state index contributed by atoms with van der Waals surface area (Å²) in [5.74, 6) is -0.288. The molecule has 0 radical (unpaired) electrons. The number of allylic oxidation sites excluding steroid dienone is 1. The molecule has 1 aliphatic rings. The molecule has 1 amide bonds. The average molecular weight is 489 g/mol. The van der Waals surface area contributed by atoms with Crippen LogP contribution in [-0.4, -0.2) is 56.8 Å². The maximum atomic E-state index is 12.7. The molecule has 1 aliphatic heterocycles. The van der Waals surface area contributed by atoms with Crippen molar-refractivity contribution in [2.75, 3.05) is 37.6 Å². The Morgan fingerprint density at radius 3 is 2.69 bits per heavy atom. The average Bonchev–Trinajstić information content (AvgIpc) is 2.84. The summed E-state index contributed by atoms with van der Waals surface area (Å²) in [4.78, 5) is 29.4. The number of nitrogens with two attached hydrogens (primary N) is 1. The van der Waals surface area contributed by atoms with E-state index < -0.39 is 12.1 Å². The number of nitrogens with zero attached hydrogens (tertiary/aromatic N) is 1. The van der Waals surface area contributed by atoms with Crippen LogP contribution in [0.5, 0.6) is 0 Å². The molecule has 1 aromatic carbocycles. The van der Waals surface area contributed by atoms with Gasteiger partial charge in [0.2, 0.25) is 0 Å². The van der Waals surface area contributed by atoms with Crippen LogP contribution in [0, 0.1) is 0 Å². The van der Waals surface area contributed by atoms with Gasteiger partial charge in [0.15, 0.2) is 0 Å². The maximum absolute atomic E-state index is 12.7. The summed E-state index contributed by atoms with van der Waals surface area (Å²) in [5, 5.41) is 6.09. The minimum absolute atomic E-state index is 0.0571. The number of rotatable bonds is 7. The predicted molar refractivity (Wildman–Crippen MR) is 139 cm³/mol. The van der Waals surface area contributed by atoms with Gasteiger partial charge in [-0.1, -0.05) is 38.3 Å². The Bertz CT molecular complexity index is 871. The zero-order chi connectivity index (χ0) is 25.5. The summed E-state index contributed by atoms with van der Waals surface area (Å²) in [6.45, 7) is 4.66. The smallest absolute Gasteiger partial charge is 0.411 e. The van der Waals surface area contributed by atoms with Gasteiger partial charge in [0, 0.05) is 36.4 Å². The molecule has 0 saturated carbocycles. The van der Waals surface area contributed by atoms with Crippen molar-refractivity contribution in [1.82, 2.24) is 0 Å². The zero-order valence-corrected chi connectivity index (χ0v) is 21.2. The van der Waals surface area contributed by atoms with Gasteiger partial charge in [0.1, 0.15) is 12.6 Å². The van der Waals surface area contributed by atoms with Crippen LogP contribution in [0.3, 0.4) is 0 Å². The number of carbonyl (C=O) groups excluding carboxylic acids is 2. The largest absolute Gasteiger partial charge is 0.464 e. The van der Waals surface area contributed by atoms with Gasteiger partial charge in [-0.05, 0) is 50.3 Å². The van der Waals surface area contributed by atoms with Gasteiger partial charge in [-0.25, -0.2) is 9.59 Å². The van der Waals surface area contributed by atoms with Crippen LogP contribution in [0.25, 0.3) is 0 Å². The van der Waals surface area contributed by atoms with Crippen LogP contribution < -0.4 is 16.4 Å². The van der Waals surface area contributed by atoms with Crippen molar-refractivity contribution in [2.45, 2.75) is 70.9 Å². The lowest BCUT2D eigenvalue weighted by molar-refractivity contribution is -0.144. The third-order valence-electron chi connectivity index (χ3n) is 5.76. The summed E-state index contributed by atoms with van der Waals surface area (Å²) >= 11 is 0. The van der Waals surface area contributed by atoms with Crippen molar-refractivity contribution < 1.29 is 23.8 Å². The van der Waals surface area contributed by atoms with Crippen molar-refractivity contribution in [3.8, 4) is 0 Å². The van der Waals surface area contributed by atoms with Crippen LogP contribution in [0.4, 0.5) is 16.2 Å². The Morgan fingerprint density at radius 2 is 1.94 bits per heavy atom. The first-order valence-corrected chi connectivity index (χ1v) is 12.4. The van der Waals surface area contributed by atoms with E-state index in [-0.39, 0.29) is 18.6 Å². The van der Waals surface area contributed by atoms with Crippen LogP contribution in [0.2, 0.25) is 0 Å². The number of carbonyl (C=O) groups is 2. The fourth-order valence-electron chi connectivity index (χ4n) is 3.85. The first kappa shape index (κ1) is 28.3. The van der Waals surface area contributed by atoms with Crippen LogP contribution >= 0.6 is 0 Å². The summed E-state index contributed by atoms with van der Waals surface area (Å²) in [6, 6.07) is 4.97. The van der Waals surface area contributed by atoms with Gasteiger partial charge in [0.25, 0.3) is 0 Å². The van der Waals surface area contributed by atoms with Gasteiger partial charge in [-0.2, -0.15) is 0 Å². The third-order valence-corrected chi connectivity index (χ3v) is 5.76. The van der Waals surface area contributed by atoms with E-state index in [4.69, 9.17) is 19.9 Å². The molecule has 4 N–H and O–H groups in total. The molecule has 9 nitrogen and oxygen atoms in total. The number of aliphatic imine (C=N–C) groups is 1. The lowest BCUT2D eigenvalue weighted by Crippen LogP contribution is -2.32. The van der Waals surface area contributed by atoms with Crippen LogP contribution in [0.1, 0.15) is 57.9 Å². The molecular formula is C26H40N4O5. The quantitative estimate of drug-likeness (QED) is 0.383. The van der Waals surface area contributed by atoms with Crippen molar-refractivity contribution in [2.24, 2.45) is 10.7 Å². The standard InChI is InChI=1S/C26H40N4O5/c1-4-22-21(27)11-7-6-8-12-23(25(31)34-5-2)30-24-18-20(29-26(32)35-17-16-33-3)14-13-19(24)10-9-15-28-22/h9,13-15,18,21,23,30H,4-8,10-12,16-17,27H2,1-3H3,(H,29,32)/b15-9-,28-22+/t21-,23-/m0/s1. The summed E-state index contributed by atoms with van der Waals surface area (Å²) in [6.07, 6.45) is 8.88. The van der Waals surface area contributed by atoms with Crippen molar-refractivity contribution in [1.29, 1.82) is 0 Å². The van der Waals surface area contributed by atoms with E-state index in [1.54, 1.807) is 26.3 Å². The second kappa shape index (κ2) is 15.9. The topological polar surface area (TPSA) is 124 Å². The van der Waals surface area contributed by atoms with Gasteiger partial charge in [0.05, 0.1) is 13.2 Å². The normalized spacial score (nSPS) is 21.7. The molecule has 0 fully saturated rings. The highest BCUT2D eigenvalue weighted by molar-refractivity contribution is 5.89. The Balaban J connectivity index is 2.31. The molecule has 1 aromatic rings. The van der Waals surface area contributed by atoms with Crippen molar-refractivity contribution in [3.05, 3.63) is 36.0 Å². The molecule has 0 unspecified atom stereocenters. The van der Waals surface area contributed by atoms with Crippen molar-refractivity contribution in [3.63, 3.8) is 0 Å². The second-order valence-corrected chi connectivity index (χ2v) is 8.38. The van der Waals surface area contributed by atoms with Gasteiger partial charge < -0.3 is 25.3 Å². The second-order valence-electron chi connectivity index (χ2n) is 8.38. The van der Waals surface area contributed by atoms with Crippen LogP contribution in [-0.2, 0) is 25.4 Å². The zero-order valence-electron chi connectivity index (χ0n) is 21.2. The number of fused-ring (bicyclic) bond motifs is 1. The van der Waals surface area contributed by atoms with E-state index in [2.05, 4.69) is 22.5 Å². The number of ether oxygens (including phenoxy) is 3. The van der Waals surface area contributed by atoms with Gasteiger partial charge in [-0.3, -0.25) is 10.3 Å². The Morgan fingerprint density at radius 1 is 1.14 bits per heavy atom. The number of esters is 1. The molecule has 0 saturated heterocycles. The lowest BCUT2D eigenvalue weighted by atomic mass is 10.0. The van der Waals surface area contributed by atoms with E-state index in [1.807, 2.05) is 18.2 Å². The molecule has 0 bridgehead atoms. The van der Waals surface area contributed by atoms with E-state index in [1.165, 1.54) is 0 Å². The Labute approximate surface area is 208 Å². The van der Waals surface area contributed by atoms with Gasteiger partial charge >= 0.3 is 12.1 Å². The number of benzene rings is 1. The minimum Gasteiger partial charge on any atom is -0.464 e. The number of amides is 1. The molecular weight excluding hydrogens is 448 g/mol. The fraction of sp³-hybridized carbons (Fsp3) is 0.577. The molecule has 194 valence electrons. The molecule has 0 aromatic heterocycles. The SMILES string of the molecule is CCOC(=O)[C@@H]1CCCCC[C@H](N)/C(CC)=N/C=C\Cc2ccc(NC(=O)OCCOC)cc2N1. The number of hydrogen-bond acceptors (Lipinski definition) is 8. The highest BCUT2D eigenvalue weighted by Gasteiger charge is 2.21. The first-order chi connectivity index (χ1) is 17.0. The molecule has 35 heavy (non-hydrogen) atoms. The molecule has 0 aliphatic carbocycles. The number of methoxy groups -OCH3 is 1. The predicted octanol–water partition coefficient (Wildman–Crippen LogP) is 4.42. The number of hydrogen-bond donors (Lipinski definition) is 3.